The van der Waals surface area contributed by atoms with Crippen molar-refractivity contribution in [3.8, 4) is 5.69 Å². The van der Waals surface area contributed by atoms with Gasteiger partial charge in [0.2, 0.25) is 5.95 Å². The lowest BCUT2D eigenvalue weighted by atomic mass is 10.1. The Kier molecular flexibility index (Phi) is 6.54. The number of hydrogen-bond acceptors (Lipinski definition) is 4. The third-order valence-corrected chi connectivity index (χ3v) is 6.50. The molecule has 32 heavy (non-hydrogen) atoms. The molecule has 1 aromatic heterocycles. The van der Waals surface area contributed by atoms with Gasteiger partial charge in [-0.2, -0.15) is 0 Å². The van der Waals surface area contributed by atoms with Crippen LogP contribution < -0.4 is 10.2 Å². The molecule has 8 heteroatoms. The molecule has 2 aromatic carbocycles. The van der Waals surface area contributed by atoms with Gasteiger partial charge in [0, 0.05) is 44.6 Å². The number of aromatic nitrogens is 2. The fourth-order valence-electron chi connectivity index (χ4n) is 4.16. The lowest BCUT2D eigenvalue weighted by molar-refractivity contribution is 0.0829. The molecule has 1 aliphatic heterocycles. The van der Waals surface area contributed by atoms with Gasteiger partial charge in [-0.05, 0) is 63.4 Å². The summed E-state index contributed by atoms with van der Waals surface area (Å²) < 4.78 is 2.00. The summed E-state index contributed by atoms with van der Waals surface area (Å²) in [5.41, 5.74) is 3.74. The Bertz CT molecular complexity index is 1130. The van der Waals surface area contributed by atoms with Crippen molar-refractivity contribution in [1.82, 2.24) is 14.5 Å². The number of nitrogens with one attached hydrogen (secondary N) is 1. The molecule has 0 atom stereocenters. The molecule has 0 unspecified atom stereocenters. The zero-order valence-electron chi connectivity index (χ0n) is 19.0. The number of halogens is 2. The molecule has 1 aliphatic rings. The van der Waals surface area contributed by atoms with E-state index in [0.29, 0.717) is 22.1 Å². The highest BCUT2D eigenvalue weighted by Gasteiger charge is 2.25. The monoisotopic (exact) mass is 473 g/mol. The average Bonchev–Trinajstić information content (AvgIpc) is 3.11. The van der Waals surface area contributed by atoms with E-state index in [1.54, 1.807) is 20.2 Å². The van der Waals surface area contributed by atoms with Crippen molar-refractivity contribution in [1.29, 1.82) is 0 Å². The van der Waals surface area contributed by atoms with Crippen molar-refractivity contribution >= 4 is 51.8 Å². The summed E-state index contributed by atoms with van der Waals surface area (Å²) in [6.07, 6.45) is 3.77. The minimum Gasteiger partial charge on any atom is -0.372 e. The van der Waals surface area contributed by atoms with Crippen molar-refractivity contribution < 1.29 is 4.79 Å². The summed E-state index contributed by atoms with van der Waals surface area (Å²) >= 11 is 12.9. The summed E-state index contributed by atoms with van der Waals surface area (Å²) in [4.78, 5) is 21.6. The molecule has 1 fully saturated rings. The molecule has 3 aromatic rings. The number of fused-ring (bicyclic) bond motifs is 1. The molecule has 2 heterocycles. The number of piperidine rings is 1. The predicted octanol–water partition coefficient (Wildman–Crippen LogP) is 5.84. The summed E-state index contributed by atoms with van der Waals surface area (Å²) in [6, 6.07) is 10.4. The lowest BCUT2D eigenvalue weighted by Gasteiger charge is -2.29. The van der Waals surface area contributed by atoms with Crippen LogP contribution in [0.1, 0.15) is 43.5 Å². The Morgan fingerprint density at radius 3 is 2.28 bits per heavy atom. The van der Waals surface area contributed by atoms with Gasteiger partial charge in [-0.15, -0.1) is 0 Å². The van der Waals surface area contributed by atoms with E-state index in [4.69, 9.17) is 28.2 Å². The molecule has 0 bridgehead atoms. The Labute approximate surface area is 199 Å². The van der Waals surface area contributed by atoms with Crippen LogP contribution in [0.2, 0.25) is 10.0 Å². The Morgan fingerprint density at radius 1 is 1.06 bits per heavy atom. The first kappa shape index (κ1) is 22.7. The van der Waals surface area contributed by atoms with Gasteiger partial charge in [0.15, 0.2) is 0 Å². The third-order valence-electron chi connectivity index (χ3n) is 5.71. The topological polar surface area (TPSA) is 53.4 Å². The quantitative estimate of drug-likeness (QED) is 0.505. The fourth-order valence-corrected chi connectivity index (χ4v) is 4.58. The van der Waals surface area contributed by atoms with E-state index in [1.165, 1.54) is 29.8 Å². The van der Waals surface area contributed by atoms with Crippen molar-refractivity contribution in [3.63, 3.8) is 0 Å². The normalized spacial score (nSPS) is 14.3. The van der Waals surface area contributed by atoms with E-state index in [-0.39, 0.29) is 17.0 Å². The number of nitrogens with zero attached hydrogens (tertiary/aromatic N) is 4. The predicted molar refractivity (Wildman–Crippen MR) is 134 cm³/mol. The van der Waals surface area contributed by atoms with E-state index >= 15 is 0 Å². The van der Waals surface area contributed by atoms with Crippen LogP contribution in [0.15, 0.2) is 30.3 Å². The van der Waals surface area contributed by atoms with Crippen molar-refractivity contribution in [2.75, 3.05) is 37.4 Å². The van der Waals surface area contributed by atoms with Crippen LogP contribution in [0.5, 0.6) is 0 Å². The minimum atomic E-state index is -0.233. The lowest BCUT2D eigenvalue weighted by Crippen LogP contribution is -2.29. The second-order valence-electron chi connectivity index (χ2n) is 8.75. The molecule has 6 nitrogen and oxygen atoms in total. The fraction of sp³-hybridized carbons (Fsp3) is 0.417. The molecule has 1 N–H and O–H groups in total. The maximum absolute atomic E-state index is 12.9. The van der Waals surface area contributed by atoms with Crippen molar-refractivity contribution in [3.05, 3.63) is 45.9 Å². The maximum atomic E-state index is 12.9. The van der Waals surface area contributed by atoms with Crippen LogP contribution >= 0.6 is 23.2 Å². The van der Waals surface area contributed by atoms with E-state index in [0.717, 1.165) is 24.3 Å². The summed E-state index contributed by atoms with van der Waals surface area (Å²) in [5, 5.41) is 3.95. The van der Waals surface area contributed by atoms with Crippen LogP contribution in [0.25, 0.3) is 16.7 Å². The van der Waals surface area contributed by atoms with Gasteiger partial charge in [0.05, 0.1) is 21.1 Å². The highest BCUT2D eigenvalue weighted by Crippen LogP contribution is 2.37. The van der Waals surface area contributed by atoms with Crippen LogP contribution in [-0.2, 0) is 0 Å². The minimum absolute atomic E-state index is 0.150. The maximum Gasteiger partial charge on any atom is 0.257 e. The number of carbonyl (C=O) groups is 1. The SMILES string of the molecule is CC(C)Nc1nc2c(C(=O)N(C)C)c(Cl)c(Cl)cc2n1-c1ccc(N2CCCCC2)cc1. The van der Waals surface area contributed by atoms with Gasteiger partial charge in [-0.25, -0.2) is 4.98 Å². The molecule has 1 amide bonds. The number of carbonyl (C=O) groups excluding carboxylic acids is 1. The Hall–Kier alpha value is -2.44. The van der Waals surface area contributed by atoms with Gasteiger partial charge in [0.1, 0.15) is 5.52 Å². The Morgan fingerprint density at radius 2 is 1.69 bits per heavy atom. The van der Waals surface area contributed by atoms with Gasteiger partial charge >= 0.3 is 0 Å². The number of anilines is 2. The van der Waals surface area contributed by atoms with E-state index in [9.17, 15) is 4.79 Å². The zero-order valence-corrected chi connectivity index (χ0v) is 20.5. The van der Waals surface area contributed by atoms with Crippen molar-refractivity contribution in [2.45, 2.75) is 39.2 Å². The van der Waals surface area contributed by atoms with Gasteiger partial charge in [-0.1, -0.05) is 23.2 Å². The third kappa shape index (κ3) is 4.26. The van der Waals surface area contributed by atoms with Crippen LogP contribution in [0.3, 0.4) is 0 Å². The second-order valence-corrected chi connectivity index (χ2v) is 9.53. The largest absolute Gasteiger partial charge is 0.372 e. The van der Waals surface area contributed by atoms with Gasteiger partial charge in [0.25, 0.3) is 5.91 Å². The van der Waals surface area contributed by atoms with E-state index in [1.807, 2.05) is 4.57 Å². The molecule has 0 saturated carbocycles. The first-order chi connectivity index (χ1) is 15.3. The summed E-state index contributed by atoms with van der Waals surface area (Å²) in [6.45, 7) is 6.29. The smallest absolute Gasteiger partial charge is 0.257 e. The second kappa shape index (κ2) is 9.20. The molecular weight excluding hydrogens is 445 g/mol. The molecule has 170 valence electrons. The highest BCUT2D eigenvalue weighted by atomic mass is 35.5. The van der Waals surface area contributed by atoms with E-state index < -0.39 is 0 Å². The summed E-state index contributed by atoms with van der Waals surface area (Å²) in [7, 11) is 3.38. The molecular formula is C24H29Cl2N5O. The number of benzene rings is 2. The van der Waals surface area contributed by atoms with Crippen LogP contribution in [0.4, 0.5) is 11.6 Å². The molecule has 4 rings (SSSR count). The molecule has 0 spiro atoms. The molecule has 1 saturated heterocycles. The number of rotatable bonds is 5. The first-order valence-corrected chi connectivity index (χ1v) is 11.8. The van der Waals surface area contributed by atoms with Gasteiger partial charge in [-0.3, -0.25) is 9.36 Å². The number of imidazole rings is 1. The molecule has 0 aliphatic carbocycles. The van der Waals surface area contributed by atoms with Crippen LogP contribution in [-0.4, -0.2) is 53.6 Å². The average molecular weight is 474 g/mol. The zero-order chi connectivity index (χ0) is 23.0. The standard InChI is InChI=1S/C24H29Cl2N5O/c1-15(2)27-24-28-22-19(14-18(25)21(26)20(22)23(32)29(3)4)31(24)17-10-8-16(9-11-17)30-12-6-5-7-13-30/h8-11,14-15H,5-7,12-13H2,1-4H3,(H,27,28). The number of amides is 1. The first-order valence-electron chi connectivity index (χ1n) is 11.0. The highest BCUT2D eigenvalue weighted by molar-refractivity contribution is 6.45. The Balaban J connectivity index is 1.88. The molecule has 0 radical (unpaired) electrons. The summed E-state index contributed by atoms with van der Waals surface area (Å²) in [5.74, 6) is 0.413. The van der Waals surface area contributed by atoms with Gasteiger partial charge < -0.3 is 15.1 Å². The number of hydrogen-bond donors (Lipinski definition) is 1. The van der Waals surface area contributed by atoms with Crippen LogP contribution in [0, 0.1) is 0 Å². The van der Waals surface area contributed by atoms with E-state index in [2.05, 4.69) is 48.3 Å². The van der Waals surface area contributed by atoms with Crippen molar-refractivity contribution in [2.24, 2.45) is 0 Å².